The minimum atomic E-state index is -4.03. The van der Waals surface area contributed by atoms with Gasteiger partial charge in [0.25, 0.3) is 0 Å². The Hall–Kier alpha value is -2.43. The van der Waals surface area contributed by atoms with Crippen molar-refractivity contribution in [2.75, 3.05) is 19.0 Å². The first-order chi connectivity index (χ1) is 13.6. The van der Waals surface area contributed by atoms with Crippen molar-refractivity contribution in [1.29, 1.82) is 0 Å². The maximum Gasteiger partial charge on any atom is 0.354 e. The molecule has 8 nitrogen and oxygen atoms in total. The Labute approximate surface area is 172 Å². The molecule has 1 aromatic heterocycles. The van der Waals surface area contributed by atoms with E-state index in [2.05, 4.69) is 10.1 Å². The van der Waals surface area contributed by atoms with E-state index in [9.17, 15) is 22.4 Å². The second-order valence-corrected chi connectivity index (χ2v) is 8.85. The molecule has 29 heavy (non-hydrogen) atoms. The Bertz CT molecular complexity index is 1070. The molecule has 2 aromatic rings. The highest BCUT2D eigenvalue weighted by Gasteiger charge is 2.40. The average molecular weight is 444 g/mol. The van der Waals surface area contributed by atoms with E-state index in [4.69, 9.17) is 11.6 Å². The maximum atomic E-state index is 13.2. The average Bonchev–Trinajstić information content (AvgIpc) is 3.31. The van der Waals surface area contributed by atoms with Gasteiger partial charge in [0.2, 0.25) is 15.9 Å². The number of amides is 1. The summed E-state index contributed by atoms with van der Waals surface area (Å²) in [6.45, 7) is 0.153. The zero-order chi connectivity index (χ0) is 21.3. The molecular weight excluding hydrogens is 425 g/mol. The second kappa shape index (κ2) is 8.13. The smallest absolute Gasteiger partial charge is 0.354 e. The summed E-state index contributed by atoms with van der Waals surface area (Å²) in [5.41, 5.74) is 0.263. The van der Waals surface area contributed by atoms with E-state index < -0.39 is 33.8 Å². The number of hydrogen-bond donors (Lipinski definition) is 1. The lowest BCUT2D eigenvalue weighted by Gasteiger charge is -2.23. The van der Waals surface area contributed by atoms with Crippen LogP contribution in [0, 0.1) is 5.82 Å². The minimum absolute atomic E-state index is 0.0107. The highest BCUT2D eigenvalue weighted by atomic mass is 35.5. The topological polar surface area (TPSA) is 97.7 Å². The number of anilines is 1. The van der Waals surface area contributed by atoms with Crippen LogP contribution in [0.2, 0.25) is 5.02 Å². The molecule has 1 N–H and O–H groups in total. The molecule has 1 amide bonds. The van der Waals surface area contributed by atoms with Gasteiger partial charge in [-0.05, 0) is 37.1 Å². The lowest BCUT2D eigenvalue weighted by Crippen LogP contribution is -2.43. The molecule has 0 aliphatic carbocycles. The highest BCUT2D eigenvalue weighted by molar-refractivity contribution is 7.89. The van der Waals surface area contributed by atoms with Crippen LogP contribution in [0.25, 0.3) is 0 Å². The number of rotatable bonds is 5. The largest absolute Gasteiger partial charge is 0.464 e. The van der Waals surface area contributed by atoms with Gasteiger partial charge < -0.3 is 14.6 Å². The van der Waals surface area contributed by atoms with Gasteiger partial charge in [-0.15, -0.1) is 0 Å². The Morgan fingerprint density at radius 1 is 1.31 bits per heavy atom. The normalized spacial score (nSPS) is 17.3. The van der Waals surface area contributed by atoms with Gasteiger partial charge in [-0.25, -0.2) is 17.6 Å². The molecule has 1 saturated heterocycles. The number of nitrogens with zero attached hydrogens (tertiary/aromatic N) is 2. The van der Waals surface area contributed by atoms with Gasteiger partial charge >= 0.3 is 5.97 Å². The van der Waals surface area contributed by atoms with E-state index in [0.717, 1.165) is 16.4 Å². The van der Waals surface area contributed by atoms with Gasteiger partial charge in [0.15, 0.2) is 0 Å². The first kappa shape index (κ1) is 21.3. The van der Waals surface area contributed by atoms with Crippen LogP contribution >= 0.6 is 11.6 Å². The number of halogens is 2. The van der Waals surface area contributed by atoms with E-state index >= 15 is 0 Å². The molecule has 0 saturated carbocycles. The van der Waals surface area contributed by atoms with Crippen molar-refractivity contribution in [2.24, 2.45) is 7.05 Å². The Balaban J connectivity index is 1.85. The Kier molecular flexibility index (Phi) is 5.97. The SMILES string of the molecule is COC(=O)c1cc(S(=O)(=O)N2CCC[C@@H]2C(=O)Nc2ccc(F)cc2Cl)cn1C. The van der Waals surface area contributed by atoms with Crippen molar-refractivity contribution in [3.05, 3.63) is 47.0 Å². The van der Waals surface area contributed by atoms with E-state index in [1.165, 1.54) is 37.1 Å². The third kappa shape index (κ3) is 4.14. The van der Waals surface area contributed by atoms with Crippen LogP contribution in [0.3, 0.4) is 0 Å². The summed E-state index contributed by atoms with van der Waals surface area (Å²) in [5, 5.41) is 2.56. The number of benzene rings is 1. The fraction of sp³-hybridized carbons (Fsp3) is 0.333. The zero-order valence-corrected chi connectivity index (χ0v) is 17.3. The quantitative estimate of drug-likeness (QED) is 0.715. The molecule has 1 aliphatic rings. The monoisotopic (exact) mass is 443 g/mol. The highest BCUT2D eigenvalue weighted by Crippen LogP contribution is 2.29. The Morgan fingerprint density at radius 3 is 2.69 bits per heavy atom. The van der Waals surface area contributed by atoms with Crippen LogP contribution in [0.5, 0.6) is 0 Å². The van der Waals surface area contributed by atoms with E-state index in [1.54, 1.807) is 0 Å². The number of carbonyl (C=O) groups excluding carboxylic acids is 2. The van der Waals surface area contributed by atoms with Crippen LogP contribution in [-0.4, -0.2) is 48.9 Å². The maximum absolute atomic E-state index is 13.2. The van der Waals surface area contributed by atoms with Crippen LogP contribution in [0.1, 0.15) is 23.3 Å². The molecule has 2 heterocycles. The minimum Gasteiger partial charge on any atom is -0.464 e. The lowest BCUT2D eigenvalue weighted by molar-refractivity contribution is -0.119. The van der Waals surface area contributed by atoms with Gasteiger partial charge in [0.05, 0.1) is 17.8 Å². The van der Waals surface area contributed by atoms with Crippen molar-refractivity contribution in [3.63, 3.8) is 0 Å². The number of methoxy groups -OCH3 is 1. The molecule has 1 fully saturated rings. The third-order valence-electron chi connectivity index (χ3n) is 4.68. The molecule has 1 aliphatic heterocycles. The number of ether oxygens (including phenoxy) is 1. The van der Waals surface area contributed by atoms with Crippen molar-refractivity contribution in [3.8, 4) is 0 Å². The van der Waals surface area contributed by atoms with Crippen molar-refractivity contribution >= 4 is 39.2 Å². The summed E-state index contributed by atoms with van der Waals surface area (Å²) in [5.74, 6) is -1.79. The molecule has 1 aromatic carbocycles. The summed E-state index contributed by atoms with van der Waals surface area (Å²) in [6.07, 6.45) is 2.11. The molecule has 0 radical (unpaired) electrons. The predicted molar refractivity (Wildman–Crippen MR) is 104 cm³/mol. The number of esters is 1. The third-order valence-corrected chi connectivity index (χ3v) is 6.86. The van der Waals surface area contributed by atoms with Crippen LogP contribution in [0.4, 0.5) is 10.1 Å². The van der Waals surface area contributed by atoms with Gasteiger partial charge in [-0.2, -0.15) is 4.31 Å². The first-order valence-electron chi connectivity index (χ1n) is 8.67. The number of carbonyl (C=O) groups is 2. The van der Waals surface area contributed by atoms with E-state index in [1.807, 2.05) is 0 Å². The van der Waals surface area contributed by atoms with Gasteiger partial charge in [0, 0.05) is 19.8 Å². The first-order valence-corrected chi connectivity index (χ1v) is 10.5. The predicted octanol–water partition coefficient (Wildman–Crippen LogP) is 2.40. The number of sulfonamides is 1. The number of nitrogens with one attached hydrogen (secondary N) is 1. The number of aryl methyl sites for hydroxylation is 1. The summed E-state index contributed by atoms with van der Waals surface area (Å²) in [6, 6.07) is 3.76. The number of aromatic nitrogens is 1. The standard InChI is InChI=1S/C18H19ClFN3O5S/c1-22-10-12(9-16(22)18(25)28-2)29(26,27)23-7-3-4-15(23)17(24)21-14-6-5-11(20)8-13(14)19/h5-6,8-10,15H,3-4,7H2,1-2H3,(H,21,24)/t15-/m1/s1. The summed E-state index contributed by atoms with van der Waals surface area (Å²) < 4.78 is 46.5. The van der Waals surface area contributed by atoms with Crippen molar-refractivity contribution < 1.29 is 27.1 Å². The van der Waals surface area contributed by atoms with Gasteiger partial charge in [-0.1, -0.05) is 11.6 Å². The van der Waals surface area contributed by atoms with Gasteiger partial charge in [-0.3, -0.25) is 4.79 Å². The number of hydrogen-bond acceptors (Lipinski definition) is 5. The molecule has 11 heteroatoms. The summed E-state index contributed by atoms with van der Waals surface area (Å²) >= 11 is 5.93. The molecule has 0 spiro atoms. The Morgan fingerprint density at radius 2 is 2.03 bits per heavy atom. The van der Waals surface area contributed by atoms with Crippen molar-refractivity contribution in [1.82, 2.24) is 8.87 Å². The molecule has 156 valence electrons. The molecule has 1 atom stereocenters. The second-order valence-electron chi connectivity index (χ2n) is 6.55. The fourth-order valence-electron chi connectivity index (χ4n) is 3.21. The van der Waals surface area contributed by atoms with Crippen LogP contribution in [0.15, 0.2) is 35.4 Å². The summed E-state index contributed by atoms with van der Waals surface area (Å²) in [4.78, 5) is 24.4. The molecular formula is C18H19ClFN3O5S. The van der Waals surface area contributed by atoms with E-state index in [-0.39, 0.29) is 27.8 Å². The van der Waals surface area contributed by atoms with Crippen LogP contribution in [-0.2, 0) is 26.6 Å². The zero-order valence-electron chi connectivity index (χ0n) is 15.7. The van der Waals surface area contributed by atoms with Gasteiger partial charge in [0.1, 0.15) is 22.4 Å². The fourth-order valence-corrected chi connectivity index (χ4v) is 5.16. The molecule has 3 rings (SSSR count). The molecule has 0 bridgehead atoms. The lowest BCUT2D eigenvalue weighted by atomic mass is 10.2. The van der Waals surface area contributed by atoms with Crippen molar-refractivity contribution in [2.45, 2.75) is 23.8 Å². The van der Waals surface area contributed by atoms with E-state index in [0.29, 0.717) is 12.8 Å². The summed E-state index contributed by atoms with van der Waals surface area (Å²) in [7, 11) is -1.31. The van der Waals surface area contributed by atoms with Crippen LogP contribution < -0.4 is 5.32 Å². The molecule has 0 unspecified atom stereocenters.